The summed E-state index contributed by atoms with van der Waals surface area (Å²) in [6.07, 6.45) is 5.27. The van der Waals surface area contributed by atoms with Crippen LogP contribution in [-0.4, -0.2) is 9.97 Å². The van der Waals surface area contributed by atoms with E-state index in [9.17, 15) is 0 Å². The zero-order valence-corrected chi connectivity index (χ0v) is 10.0. The van der Waals surface area contributed by atoms with Crippen LogP contribution in [0.4, 0.5) is 0 Å². The Hall–Kier alpha value is -0.670. The molecule has 15 heavy (non-hydrogen) atoms. The van der Waals surface area contributed by atoms with Crippen LogP contribution in [0.2, 0.25) is 5.15 Å². The molecule has 1 atom stereocenters. The second-order valence-corrected chi connectivity index (χ2v) is 5.52. The van der Waals surface area contributed by atoms with Crippen LogP contribution in [0.3, 0.4) is 0 Å². The van der Waals surface area contributed by atoms with Crippen LogP contribution >= 0.6 is 22.9 Å². The molecule has 78 valence electrons. The molecular formula is C11H11ClN2S. The summed E-state index contributed by atoms with van der Waals surface area (Å²) in [4.78, 5) is 10.9. The van der Waals surface area contributed by atoms with E-state index in [-0.39, 0.29) is 0 Å². The summed E-state index contributed by atoms with van der Waals surface area (Å²) < 4.78 is 0. The number of thiophene rings is 1. The van der Waals surface area contributed by atoms with E-state index in [2.05, 4.69) is 16.9 Å². The first-order valence-electron chi connectivity index (χ1n) is 5.19. The van der Waals surface area contributed by atoms with Crippen LogP contribution in [0.15, 0.2) is 6.33 Å². The van der Waals surface area contributed by atoms with Crippen molar-refractivity contribution in [2.75, 3.05) is 0 Å². The van der Waals surface area contributed by atoms with Gasteiger partial charge in [0.15, 0.2) is 0 Å². The highest BCUT2D eigenvalue weighted by atomic mass is 35.5. The van der Waals surface area contributed by atoms with Crippen molar-refractivity contribution in [1.29, 1.82) is 0 Å². The van der Waals surface area contributed by atoms with Crippen molar-refractivity contribution in [3.63, 3.8) is 0 Å². The molecule has 0 amide bonds. The number of aryl methyl sites for hydroxylation is 1. The molecule has 0 radical (unpaired) electrons. The van der Waals surface area contributed by atoms with Crippen LogP contribution in [-0.2, 0) is 6.42 Å². The molecule has 0 saturated carbocycles. The Bertz CT molecular complexity index is 521. The van der Waals surface area contributed by atoms with Crippen molar-refractivity contribution in [1.82, 2.24) is 9.97 Å². The van der Waals surface area contributed by atoms with Crippen molar-refractivity contribution in [2.45, 2.75) is 32.1 Å². The maximum absolute atomic E-state index is 6.16. The van der Waals surface area contributed by atoms with E-state index in [4.69, 9.17) is 11.6 Å². The SMILES string of the molecule is C[C@H]1CCCc2sc3ncnc(Cl)c3c21. The second kappa shape index (κ2) is 3.42. The predicted octanol–water partition coefficient (Wildman–Crippen LogP) is 3.78. The lowest BCUT2D eigenvalue weighted by atomic mass is 9.88. The molecule has 0 aromatic carbocycles. The summed E-state index contributed by atoms with van der Waals surface area (Å²) in [6.45, 7) is 2.27. The third kappa shape index (κ3) is 1.37. The van der Waals surface area contributed by atoms with Crippen LogP contribution in [0.5, 0.6) is 0 Å². The minimum Gasteiger partial charge on any atom is -0.225 e. The summed E-state index contributed by atoms with van der Waals surface area (Å²) in [6, 6.07) is 0. The molecule has 1 aliphatic rings. The maximum Gasteiger partial charge on any atom is 0.141 e. The number of hydrogen-bond acceptors (Lipinski definition) is 3. The zero-order chi connectivity index (χ0) is 10.4. The van der Waals surface area contributed by atoms with E-state index in [0.717, 1.165) is 10.2 Å². The van der Waals surface area contributed by atoms with Gasteiger partial charge in [-0.1, -0.05) is 18.5 Å². The Kier molecular flexibility index (Phi) is 2.18. The molecule has 2 aromatic heterocycles. The van der Waals surface area contributed by atoms with Crippen LogP contribution in [0.1, 0.15) is 36.1 Å². The molecule has 1 aliphatic carbocycles. The third-order valence-corrected chi connectivity index (χ3v) is 4.55. The fraction of sp³-hybridized carbons (Fsp3) is 0.455. The lowest BCUT2D eigenvalue weighted by Gasteiger charge is -2.18. The Morgan fingerprint density at radius 2 is 2.33 bits per heavy atom. The second-order valence-electron chi connectivity index (χ2n) is 4.08. The monoisotopic (exact) mass is 238 g/mol. The van der Waals surface area contributed by atoms with Gasteiger partial charge in [0.05, 0.1) is 5.39 Å². The fourth-order valence-corrected chi connectivity index (χ4v) is 3.98. The Labute approximate surface area is 97.3 Å². The molecule has 0 saturated heterocycles. The number of rotatable bonds is 0. The van der Waals surface area contributed by atoms with Crippen molar-refractivity contribution in [3.8, 4) is 0 Å². The largest absolute Gasteiger partial charge is 0.225 e. The van der Waals surface area contributed by atoms with Gasteiger partial charge >= 0.3 is 0 Å². The molecular weight excluding hydrogens is 228 g/mol. The number of halogens is 1. The minimum atomic E-state index is 0.603. The first-order valence-corrected chi connectivity index (χ1v) is 6.38. The quantitative estimate of drug-likeness (QED) is 0.653. The van der Waals surface area contributed by atoms with Crippen LogP contribution < -0.4 is 0 Å². The highest BCUT2D eigenvalue weighted by Gasteiger charge is 2.23. The first-order chi connectivity index (χ1) is 7.27. The van der Waals surface area contributed by atoms with Gasteiger partial charge in [-0.25, -0.2) is 9.97 Å². The van der Waals surface area contributed by atoms with Crippen molar-refractivity contribution in [2.24, 2.45) is 0 Å². The lowest BCUT2D eigenvalue weighted by Crippen LogP contribution is -2.03. The summed E-state index contributed by atoms with van der Waals surface area (Å²) in [5, 5.41) is 1.72. The minimum absolute atomic E-state index is 0.603. The Morgan fingerprint density at radius 1 is 1.47 bits per heavy atom. The van der Waals surface area contributed by atoms with Gasteiger partial charge in [0.2, 0.25) is 0 Å². The standard InChI is InChI=1S/C11H11ClN2S/c1-6-3-2-4-7-8(6)9-10(12)13-5-14-11(9)15-7/h5-6H,2-4H2,1H3/t6-/m0/s1. The lowest BCUT2D eigenvalue weighted by molar-refractivity contribution is 0.602. The van der Waals surface area contributed by atoms with Crippen LogP contribution in [0, 0.1) is 0 Å². The highest BCUT2D eigenvalue weighted by molar-refractivity contribution is 7.19. The van der Waals surface area contributed by atoms with E-state index in [0.29, 0.717) is 11.1 Å². The molecule has 0 unspecified atom stereocenters. The normalized spacial score (nSPS) is 20.5. The zero-order valence-electron chi connectivity index (χ0n) is 8.46. The molecule has 0 aliphatic heterocycles. The average molecular weight is 239 g/mol. The highest BCUT2D eigenvalue weighted by Crippen LogP contribution is 2.43. The van der Waals surface area contributed by atoms with Crippen molar-refractivity contribution in [3.05, 3.63) is 21.9 Å². The average Bonchev–Trinajstić information content (AvgIpc) is 2.58. The topological polar surface area (TPSA) is 25.8 Å². The van der Waals surface area contributed by atoms with Gasteiger partial charge < -0.3 is 0 Å². The predicted molar refractivity (Wildman–Crippen MR) is 63.8 cm³/mol. The van der Waals surface area contributed by atoms with E-state index in [1.807, 2.05) is 0 Å². The fourth-order valence-electron chi connectivity index (χ4n) is 2.38. The summed E-state index contributed by atoms with van der Waals surface area (Å²) in [5.41, 5.74) is 1.41. The van der Waals surface area contributed by atoms with E-state index >= 15 is 0 Å². The molecule has 2 heterocycles. The van der Waals surface area contributed by atoms with Crippen molar-refractivity contribution >= 4 is 33.2 Å². The summed E-state index contributed by atoms with van der Waals surface area (Å²) >= 11 is 7.94. The summed E-state index contributed by atoms with van der Waals surface area (Å²) in [7, 11) is 0. The van der Waals surface area contributed by atoms with E-state index < -0.39 is 0 Å². The van der Waals surface area contributed by atoms with E-state index in [1.165, 1.54) is 29.7 Å². The van der Waals surface area contributed by atoms with Crippen molar-refractivity contribution < 1.29 is 0 Å². The van der Waals surface area contributed by atoms with Gasteiger partial charge in [-0.05, 0) is 30.7 Å². The molecule has 2 nitrogen and oxygen atoms in total. The third-order valence-electron chi connectivity index (χ3n) is 3.09. The van der Waals surface area contributed by atoms with Gasteiger partial charge in [0, 0.05) is 4.88 Å². The smallest absolute Gasteiger partial charge is 0.141 e. The van der Waals surface area contributed by atoms with Gasteiger partial charge in [-0.2, -0.15) is 0 Å². The molecule has 0 spiro atoms. The first kappa shape index (κ1) is 9.55. The number of hydrogen-bond donors (Lipinski definition) is 0. The van der Waals surface area contributed by atoms with E-state index in [1.54, 1.807) is 17.7 Å². The van der Waals surface area contributed by atoms with Gasteiger partial charge in [0.25, 0.3) is 0 Å². The maximum atomic E-state index is 6.16. The molecule has 3 rings (SSSR count). The molecule has 4 heteroatoms. The van der Waals surface area contributed by atoms with Gasteiger partial charge in [0.1, 0.15) is 16.3 Å². The Balaban J connectivity index is 2.38. The number of nitrogens with zero attached hydrogens (tertiary/aromatic N) is 2. The molecule has 0 fully saturated rings. The van der Waals surface area contributed by atoms with Crippen LogP contribution in [0.25, 0.3) is 10.2 Å². The molecule has 0 bridgehead atoms. The number of aromatic nitrogens is 2. The molecule has 0 N–H and O–H groups in total. The molecule has 2 aromatic rings. The number of fused-ring (bicyclic) bond motifs is 3. The van der Waals surface area contributed by atoms with Gasteiger partial charge in [-0.15, -0.1) is 11.3 Å². The Morgan fingerprint density at radius 3 is 3.20 bits per heavy atom. The van der Waals surface area contributed by atoms with Gasteiger partial charge in [-0.3, -0.25) is 0 Å². The summed E-state index contributed by atoms with van der Waals surface area (Å²) in [5.74, 6) is 0.603.